The van der Waals surface area contributed by atoms with E-state index in [1.165, 1.54) is 0 Å². The van der Waals surface area contributed by atoms with E-state index in [2.05, 4.69) is 20.6 Å². The van der Waals surface area contributed by atoms with Gasteiger partial charge < -0.3 is 15.6 Å². The summed E-state index contributed by atoms with van der Waals surface area (Å²) >= 11 is 11.4. The largest absolute Gasteiger partial charge is 0.366 e. The van der Waals surface area contributed by atoms with Gasteiger partial charge in [0.15, 0.2) is 5.11 Å². The number of imidazole rings is 1. The third-order valence-corrected chi connectivity index (χ3v) is 3.73. The third-order valence-electron chi connectivity index (χ3n) is 3.10. The average Bonchev–Trinajstić information content (AvgIpc) is 2.92. The van der Waals surface area contributed by atoms with Crippen molar-refractivity contribution in [2.75, 3.05) is 12.4 Å². The highest BCUT2D eigenvalue weighted by Gasteiger charge is 2.10. The average molecular weight is 317 g/mol. The number of fused-ring (bicyclic) bond motifs is 1. The van der Waals surface area contributed by atoms with Gasteiger partial charge in [-0.25, -0.2) is 4.98 Å². The lowest BCUT2D eigenvalue weighted by molar-refractivity contribution is 1.20. The van der Waals surface area contributed by atoms with Gasteiger partial charge in [0, 0.05) is 18.3 Å². The van der Waals surface area contributed by atoms with Crippen molar-refractivity contribution in [1.29, 1.82) is 0 Å². The second kappa shape index (κ2) is 5.71. The second-order valence-electron chi connectivity index (χ2n) is 4.50. The molecule has 2 aromatic carbocycles. The van der Waals surface area contributed by atoms with E-state index in [0.717, 1.165) is 28.1 Å². The summed E-state index contributed by atoms with van der Waals surface area (Å²) in [6, 6.07) is 13.5. The van der Waals surface area contributed by atoms with Gasteiger partial charge in [-0.1, -0.05) is 23.7 Å². The molecule has 6 heteroatoms. The molecule has 0 amide bonds. The Bertz CT molecular complexity index is 779. The molecule has 106 valence electrons. The van der Waals surface area contributed by atoms with Gasteiger partial charge in [-0.15, -0.1) is 0 Å². The Balaban J connectivity index is 2.04. The predicted octanol–water partition coefficient (Wildman–Crippen LogP) is 3.80. The first kappa shape index (κ1) is 13.9. The van der Waals surface area contributed by atoms with Gasteiger partial charge in [0.25, 0.3) is 0 Å². The fraction of sp³-hybridized carbons (Fsp3) is 0.0667. The Kier molecular flexibility index (Phi) is 3.77. The number of aromatic amines is 1. The van der Waals surface area contributed by atoms with Crippen LogP contribution in [0.2, 0.25) is 5.02 Å². The fourth-order valence-electron chi connectivity index (χ4n) is 2.06. The lowest BCUT2D eigenvalue weighted by atomic mass is 10.2. The summed E-state index contributed by atoms with van der Waals surface area (Å²) < 4.78 is 0. The van der Waals surface area contributed by atoms with E-state index < -0.39 is 0 Å². The minimum atomic E-state index is 0.549. The number of thiocarbonyl (C=S) groups is 1. The molecule has 3 rings (SSSR count). The van der Waals surface area contributed by atoms with Crippen LogP contribution in [0, 0.1) is 0 Å². The van der Waals surface area contributed by atoms with Crippen molar-refractivity contribution in [3.63, 3.8) is 0 Å². The molecular formula is C15H13ClN4S. The number of hydrogen-bond acceptors (Lipinski definition) is 2. The van der Waals surface area contributed by atoms with Gasteiger partial charge in [-0.3, -0.25) is 0 Å². The van der Waals surface area contributed by atoms with Gasteiger partial charge in [0.1, 0.15) is 5.82 Å². The maximum Gasteiger partial charge on any atom is 0.170 e. The minimum absolute atomic E-state index is 0.549. The molecule has 3 N–H and O–H groups in total. The molecule has 1 aromatic heterocycles. The Morgan fingerprint density at radius 3 is 2.81 bits per heavy atom. The highest BCUT2D eigenvalue weighted by molar-refractivity contribution is 7.80. The maximum atomic E-state index is 6.29. The van der Waals surface area contributed by atoms with Gasteiger partial charge in [0.2, 0.25) is 0 Å². The van der Waals surface area contributed by atoms with Crippen LogP contribution in [0.5, 0.6) is 0 Å². The summed E-state index contributed by atoms with van der Waals surface area (Å²) in [6.07, 6.45) is 0. The summed E-state index contributed by atoms with van der Waals surface area (Å²) in [5.41, 5.74) is 3.58. The lowest BCUT2D eigenvalue weighted by Gasteiger charge is -2.09. The van der Waals surface area contributed by atoms with Crippen LogP contribution in [-0.4, -0.2) is 22.1 Å². The zero-order valence-corrected chi connectivity index (χ0v) is 12.8. The molecule has 0 aliphatic rings. The standard InChI is InChI=1S/C15H13ClN4S/c1-17-15(21)18-9-6-7-11(16)10(8-9)14-19-12-4-2-3-5-13(12)20-14/h2-8H,1H3,(H,19,20)(H2,17,18,21). The van der Waals surface area contributed by atoms with E-state index >= 15 is 0 Å². The predicted molar refractivity (Wildman–Crippen MR) is 91.8 cm³/mol. The van der Waals surface area contributed by atoms with E-state index in [4.69, 9.17) is 23.8 Å². The van der Waals surface area contributed by atoms with Crippen LogP contribution in [0.15, 0.2) is 42.5 Å². The molecule has 0 bridgehead atoms. The number of anilines is 1. The molecule has 0 radical (unpaired) electrons. The molecule has 21 heavy (non-hydrogen) atoms. The van der Waals surface area contributed by atoms with Crippen molar-refractivity contribution >= 4 is 45.7 Å². The van der Waals surface area contributed by atoms with Crippen LogP contribution in [0.3, 0.4) is 0 Å². The molecule has 0 aliphatic heterocycles. The van der Waals surface area contributed by atoms with E-state index in [1.54, 1.807) is 7.05 Å². The summed E-state index contributed by atoms with van der Waals surface area (Å²) in [6.45, 7) is 0. The van der Waals surface area contributed by atoms with Crippen molar-refractivity contribution in [2.45, 2.75) is 0 Å². The zero-order chi connectivity index (χ0) is 14.8. The zero-order valence-electron chi connectivity index (χ0n) is 11.3. The molecule has 0 unspecified atom stereocenters. The highest BCUT2D eigenvalue weighted by atomic mass is 35.5. The SMILES string of the molecule is CNC(=S)Nc1ccc(Cl)c(-c2nc3ccccc3[nH]2)c1. The third kappa shape index (κ3) is 2.84. The number of nitrogens with one attached hydrogen (secondary N) is 3. The van der Waals surface area contributed by atoms with Crippen LogP contribution in [0.4, 0.5) is 5.69 Å². The number of halogens is 1. The first-order valence-electron chi connectivity index (χ1n) is 6.41. The fourth-order valence-corrected chi connectivity index (χ4v) is 2.38. The number of hydrogen-bond donors (Lipinski definition) is 3. The number of benzene rings is 2. The normalized spacial score (nSPS) is 10.6. The van der Waals surface area contributed by atoms with Crippen molar-refractivity contribution in [2.24, 2.45) is 0 Å². The summed E-state index contributed by atoms with van der Waals surface area (Å²) in [5, 5.41) is 7.14. The highest BCUT2D eigenvalue weighted by Crippen LogP contribution is 2.30. The van der Waals surface area contributed by atoms with Gasteiger partial charge in [-0.2, -0.15) is 0 Å². The van der Waals surface area contributed by atoms with Gasteiger partial charge >= 0.3 is 0 Å². The number of para-hydroxylation sites is 2. The molecule has 3 aromatic rings. The summed E-state index contributed by atoms with van der Waals surface area (Å²) in [5.74, 6) is 0.736. The topological polar surface area (TPSA) is 52.7 Å². The van der Waals surface area contributed by atoms with Crippen LogP contribution >= 0.6 is 23.8 Å². The number of nitrogens with zero attached hydrogens (tertiary/aromatic N) is 1. The summed E-state index contributed by atoms with van der Waals surface area (Å²) in [4.78, 5) is 7.84. The molecule has 0 fully saturated rings. The Labute approximate surface area is 132 Å². The summed E-state index contributed by atoms with van der Waals surface area (Å²) in [7, 11) is 1.77. The number of H-pyrrole nitrogens is 1. The van der Waals surface area contributed by atoms with Crippen molar-refractivity contribution < 1.29 is 0 Å². The van der Waals surface area contributed by atoms with Crippen LogP contribution < -0.4 is 10.6 Å². The molecule has 0 saturated carbocycles. The molecule has 1 heterocycles. The van der Waals surface area contributed by atoms with Gasteiger partial charge in [0.05, 0.1) is 16.1 Å². The Hall–Kier alpha value is -2.11. The second-order valence-corrected chi connectivity index (χ2v) is 5.32. The molecule has 0 atom stereocenters. The van der Waals surface area contributed by atoms with Crippen LogP contribution in [-0.2, 0) is 0 Å². The van der Waals surface area contributed by atoms with Gasteiger partial charge in [-0.05, 0) is 42.5 Å². The Morgan fingerprint density at radius 1 is 1.24 bits per heavy atom. The van der Waals surface area contributed by atoms with Crippen LogP contribution in [0.25, 0.3) is 22.4 Å². The first-order chi connectivity index (χ1) is 10.2. The van der Waals surface area contributed by atoms with E-state index in [0.29, 0.717) is 10.1 Å². The van der Waals surface area contributed by atoms with E-state index in [9.17, 15) is 0 Å². The smallest absolute Gasteiger partial charge is 0.170 e. The van der Waals surface area contributed by atoms with Crippen LogP contribution in [0.1, 0.15) is 0 Å². The molecule has 4 nitrogen and oxygen atoms in total. The molecule has 0 saturated heterocycles. The maximum absolute atomic E-state index is 6.29. The van der Waals surface area contributed by atoms with E-state index in [-0.39, 0.29) is 0 Å². The lowest BCUT2D eigenvalue weighted by Crippen LogP contribution is -2.24. The molecule has 0 spiro atoms. The molecular weight excluding hydrogens is 304 g/mol. The minimum Gasteiger partial charge on any atom is -0.366 e. The van der Waals surface area contributed by atoms with Crippen molar-refractivity contribution in [3.8, 4) is 11.4 Å². The van der Waals surface area contributed by atoms with Crippen molar-refractivity contribution in [3.05, 3.63) is 47.5 Å². The Morgan fingerprint density at radius 2 is 2.05 bits per heavy atom. The first-order valence-corrected chi connectivity index (χ1v) is 7.19. The van der Waals surface area contributed by atoms with Crippen molar-refractivity contribution in [1.82, 2.24) is 15.3 Å². The number of rotatable bonds is 2. The van der Waals surface area contributed by atoms with E-state index in [1.807, 2.05) is 42.5 Å². The molecule has 0 aliphatic carbocycles. The quantitative estimate of drug-likeness (QED) is 0.629. The monoisotopic (exact) mass is 316 g/mol. The number of aromatic nitrogens is 2.